The van der Waals surface area contributed by atoms with Gasteiger partial charge in [-0.3, -0.25) is 9.59 Å². The second-order valence-electron chi connectivity index (χ2n) is 3.01. The molecule has 0 fully saturated rings. The molecule has 2 N–H and O–H groups in total. The van der Waals surface area contributed by atoms with E-state index in [2.05, 4.69) is 5.32 Å². The van der Waals surface area contributed by atoms with Gasteiger partial charge in [-0.05, 0) is 6.07 Å². The first kappa shape index (κ1) is 11.3. The van der Waals surface area contributed by atoms with Crippen molar-refractivity contribution in [2.45, 2.75) is 19.8 Å². The SMILES string of the molecule is CCc1occc1C(=O)NCCC(=O)O. The van der Waals surface area contributed by atoms with Crippen molar-refractivity contribution >= 4 is 11.9 Å². The molecule has 1 heterocycles. The first-order valence-corrected chi connectivity index (χ1v) is 4.71. The van der Waals surface area contributed by atoms with E-state index in [9.17, 15) is 9.59 Å². The van der Waals surface area contributed by atoms with E-state index in [-0.39, 0.29) is 18.9 Å². The summed E-state index contributed by atoms with van der Waals surface area (Å²) in [4.78, 5) is 21.7. The predicted octanol–water partition coefficient (Wildman–Crippen LogP) is 1.05. The van der Waals surface area contributed by atoms with Gasteiger partial charge < -0.3 is 14.8 Å². The minimum absolute atomic E-state index is 0.0783. The van der Waals surface area contributed by atoms with Crippen LogP contribution in [0, 0.1) is 0 Å². The number of aryl methyl sites for hydroxylation is 1. The summed E-state index contributed by atoms with van der Waals surface area (Å²) in [6.07, 6.45) is 2.00. The number of nitrogens with one attached hydrogen (secondary N) is 1. The van der Waals surface area contributed by atoms with Crippen LogP contribution in [0.3, 0.4) is 0 Å². The Kier molecular flexibility index (Phi) is 3.91. The molecule has 0 spiro atoms. The number of carboxylic acid groups (broad SMARTS) is 1. The van der Waals surface area contributed by atoms with Crippen molar-refractivity contribution in [1.29, 1.82) is 0 Å². The van der Waals surface area contributed by atoms with E-state index in [1.54, 1.807) is 6.07 Å². The molecule has 0 aliphatic heterocycles. The Morgan fingerprint density at radius 3 is 2.87 bits per heavy atom. The standard InChI is InChI=1S/C10H13NO4/c1-2-8-7(4-6-15-8)10(14)11-5-3-9(12)13/h4,6H,2-3,5H2,1H3,(H,11,14)(H,12,13). The number of carboxylic acids is 1. The highest BCUT2D eigenvalue weighted by Gasteiger charge is 2.12. The van der Waals surface area contributed by atoms with E-state index in [0.717, 1.165) is 0 Å². The fourth-order valence-corrected chi connectivity index (χ4v) is 1.19. The number of carbonyl (C=O) groups excluding carboxylic acids is 1. The summed E-state index contributed by atoms with van der Waals surface area (Å²) in [5, 5.41) is 10.9. The molecule has 0 atom stereocenters. The van der Waals surface area contributed by atoms with E-state index in [1.807, 2.05) is 6.92 Å². The third kappa shape index (κ3) is 3.12. The second-order valence-corrected chi connectivity index (χ2v) is 3.01. The Hall–Kier alpha value is -1.78. The molecule has 0 aromatic carbocycles. The number of hydrogen-bond donors (Lipinski definition) is 2. The van der Waals surface area contributed by atoms with E-state index >= 15 is 0 Å². The van der Waals surface area contributed by atoms with Gasteiger partial charge in [0.15, 0.2) is 0 Å². The number of furan rings is 1. The molecule has 5 heteroatoms. The highest BCUT2D eigenvalue weighted by Crippen LogP contribution is 2.10. The fraction of sp³-hybridized carbons (Fsp3) is 0.400. The van der Waals surface area contributed by atoms with Gasteiger partial charge in [0, 0.05) is 13.0 Å². The van der Waals surface area contributed by atoms with Gasteiger partial charge in [-0.1, -0.05) is 6.92 Å². The van der Waals surface area contributed by atoms with Crippen molar-refractivity contribution in [3.8, 4) is 0 Å². The van der Waals surface area contributed by atoms with E-state index in [0.29, 0.717) is 17.7 Å². The molecule has 82 valence electrons. The first-order chi connectivity index (χ1) is 7.15. The number of amides is 1. The Balaban J connectivity index is 2.50. The van der Waals surface area contributed by atoms with Crippen LogP contribution in [-0.4, -0.2) is 23.5 Å². The lowest BCUT2D eigenvalue weighted by Crippen LogP contribution is -2.26. The topological polar surface area (TPSA) is 79.5 Å². The Bertz CT molecular complexity index is 356. The van der Waals surface area contributed by atoms with Gasteiger partial charge >= 0.3 is 5.97 Å². The highest BCUT2D eigenvalue weighted by atomic mass is 16.4. The van der Waals surface area contributed by atoms with Crippen LogP contribution in [0.15, 0.2) is 16.7 Å². The van der Waals surface area contributed by atoms with Gasteiger partial charge in [0.1, 0.15) is 5.76 Å². The molecule has 0 saturated heterocycles. The van der Waals surface area contributed by atoms with Crippen LogP contribution in [0.25, 0.3) is 0 Å². The Morgan fingerprint density at radius 2 is 2.27 bits per heavy atom. The van der Waals surface area contributed by atoms with Crippen LogP contribution in [0.5, 0.6) is 0 Å². The third-order valence-corrected chi connectivity index (χ3v) is 1.94. The van der Waals surface area contributed by atoms with Crippen molar-refractivity contribution in [2.75, 3.05) is 6.54 Å². The van der Waals surface area contributed by atoms with Crippen molar-refractivity contribution in [3.05, 3.63) is 23.7 Å². The summed E-state index contributed by atoms with van der Waals surface area (Å²) in [7, 11) is 0. The third-order valence-electron chi connectivity index (χ3n) is 1.94. The quantitative estimate of drug-likeness (QED) is 0.762. The molecule has 1 amide bonds. The van der Waals surface area contributed by atoms with Gasteiger partial charge in [-0.15, -0.1) is 0 Å². The van der Waals surface area contributed by atoms with Crippen LogP contribution < -0.4 is 5.32 Å². The lowest BCUT2D eigenvalue weighted by molar-refractivity contribution is -0.136. The maximum Gasteiger partial charge on any atom is 0.305 e. The minimum atomic E-state index is -0.932. The molecular formula is C10H13NO4. The summed E-state index contributed by atoms with van der Waals surface area (Å²) in [5.74, 6) is -0.608. The van der Waals surface area contributed by atoms with Crippen LogP contribution in [0.4, 0.5) is 0 Å². The van der Waals surface area contributed by atoms with E-state index < -0.39 is 5.97 Å². The van der Waals surface area contributed by atoms with Crippen molar-refractivity contribution in [2.24, 2.45) is 0 Å². The monoisotopic (exact) mass is 211 g/mol. The molecule has 0 aliphatic rings. The van der Waals surface area contributed by atoms with E-state index in [1.165, 1.54) is 6.26 Å². The maximum absolute atomic E-state index is 11.5. The molecule has 0 bridgehead atoms. The zero-order valence-corrected chi connectivity index (χ0v) is 8.45. The molecule has 0 radical (unpaired) electrons. The van der Waals surface area contributed by atoms with Crippen LogP contribution in [0.1, 0.15) is 29.5 Å². The van der Waals surface area contributed by atoms with Gasteiger partial charge in [-0.25, -0.2) is 0 Å². The van der Waals surface area contributed by atoms with Gasteiger partial charge in [0.05, 0.1) is 18.2 Å². The Morgan fingerprint density at radius 1 is 1.53 bits per heavy atom. The first-order valence-electron chi connectivity index (χ1n) is 4.71. The second kappa shape index (κ2) is 5.19. The average molecular weight is 211 g/mol. The molecule has 1 aromatic heterocycles. The van der Waals surface area contributed by atoms with Crippen molar-refractivity contribution in [1.82, 2.24) is 5.32 Å². The largest absolute Gasteiger partial charge is 0.481 e. The summed E-state index contributed by atoms with van der Waals surface area (Å²) < 4.78 is 5.09. The predicted molar refractivity (Wildman–Crippen MR) is 52.7 cm³/mol. The normalized spacial score (nSPS) is 9.93. The number of aliphatic carboxylic acids is 1. The number of hydrogen-bond acceptors (Lipinski definition) is 3. The molecule has 1 aromatic rings. The molecule has 15 heavy (non-hydrogen) atoms. The summed E-state index contributed by atoms with van der Waals surface area (Å²) in [5.41, 5.74) is 0.475. The molecular weight excluding hydrogens is 198 g/mol. The summed E-state index contributed by atoms with van der Waals surface area (Å²) in [6, 6.07) is 1.58. The highest BCUT2D eigenvalue weighted by molar-refractivity contribution is 5.95. The lowest BCUT2D eigenvalue weighted by Gasteiger charge is -2.02. The van der Waals surface area contributed by atoms with Gasteiger partial charge in [0.2, 0.25) is 0 Å². The minimum Gasteiger partial charge on any atom is -0.481 e. The van der Waals surface area contributed by atoms with E-state index in [4.69, 9.17) is 9.52 Å². The van der Waals surface area contributed by atoms with Crippen LogP contribution in [0.2, 0.25) is 0 Å². The fourth-order valence-electron chi connectivity index (χ4n) is 1.19. The maximum atomic E-state index is 11.5. The molecule has 5 nitrogen and oxygen atoms in total. The summed E-state index contributed by atoms with van der Waals surface area (Å²) >= 11 is 0. The van der Waals surface area contributed by atoms with Gasteiger partial charge in [-0.2, -0.15) is 0 Å². The van der Waals surface area contributed by atoms with Gasteiger partial charge in [0.25, 0.3) is 5.91 Å². The summed E-state index contributed by atoms with van der Waals surface area (Å²) in [6.45, 7) is 2.01. The smallest absolute Gasteiger partial charge is 0.305 e. The molecule has 0 saturated carbocycles. The lowest BCUT2D eigenvalue weighted by atomic mass is 10.2. The average Bonchev–Trinajstić information content (AvgIpc) is 2.64. The number of rotatable bonds is 5. The van der Waals surface area contributed by atoms with Crippen molar-refractivity contribution in [3.63, 3.8) is 0 Å². The Labute approximate surface area is 87.1 Å². The zero-order chi connectivity index (χ0) is 11.3. The number of carbonyl (C=O) groups is 2. The molecule has 1 rings (SSSR count). The zero-order valence-electron chi connectivity index (χ0n) is 8.45. The molecule has 0 unspecified atom stereocenters. The van der Waals surface area contributed by atoms with Crippen LogP contribution in [-0.2, 0) is 11.2 Å². The van der Waals surface area contributed by atoms with Crippen LogP contribution >= 0.6 is 0 Å². The molecule has 0 aliphatic carbocycles. The van der Waals surface area contributed by atoms with Crippen molar-refractivity contribution < 1.29 is 19.1 Å².